The number of alkyl halides is 1. The van der Waals surface area contributed by atoms with Gasteiger partial charge in [0, 0.05) is 36.4 Å². The first kappa shape index (κ1) is 17.7. The molecule has 1 amide bonds. The molecule has 0 saturated carbocycles. The van der Waals surface area contributed by atoms with Gasteiger partial charge in [0.25, 0.3) is 5.91 Å². The van der Waals surface area contributed by atoms with E-state index in [0.29, 0.717) is 18.0 Å². The molecule has 2 N–H and O–H groups in total. The first-order valence-electron chi connectivity index (χ1n) is 7.75. The summed E-state index contributed by atoms with van der Waals surface area (Å²) in [4.78, 5) is 23.7. The Labute approximate surface area is 154 Å². The van der Waals surface area contributed by atoms with Crippen molar-refractivity contribution in [2.75, 3.05) is 11.2 Å². The number of aryl methyl sites for hydroxylation is 2. The minimum atomic E-state index is -1.21. The molecule has 0 aliphatic heterocycles. The molecule has 3 aromatic rings. The van der Waals surface area contributed by atoms with Gasteiger partial charge in [-0.15, -0.1) is 11.6 Å². The second kappa shape index (κ2) is 7.40. The number of benzene rings is 1. The minimum absolute atomic E-state index is 0.144. The van der Waals surface area contributed by atoms with Gasteiger partial charge in [-0.2, -0.15) is 10.2 Å². The van der Waals surface area contributed by atoms with Crippen molar-refractivity contribution in [1.82, 2.24) is 19.6 Å². The van der Waals surface area contributed by atoms with E-state index in [1.807, 2.05) is 12.3 Å². The molecule has 8 nitrogen and oxygen atoms in total. The van der Waals surface area contributed by atoms with Crippen LogP contribution in [0, 0.1) is 0 Å². The van der Waals surface area contributed by atoms with Crippen LogP contribution in [0.25, 0.3) is 11.1 Å². The Hall–Kier alpha value is -3.13. The molecule has 0 aliphatic carbocycles. The van der Waals surface area contributed by atoms with Crippen LogP contribution in [-0.2, 0) is 13.6 Å². The average molecular weight is 374 g/mol. The number of rotatable bonds is 6. The van der Waals surface area contributed by atoms with Crippen LogP contribution in [0.2, 0.25) is 0 Å². The number of carbonyl (C=O) groups is 2. The summed E-state index contributed by atoms with van der Waals surface area (Å²) in [5.74, 6) is -1.17. The first-order valence-corrected chi connectivity index (χ1v) is 8.28. The molecule has 9 heteroatoms. The quantitative estimate of drug-likeness (QED) is 0.646. The zero-order valence-corrected chi connectivity index (χ0v) is 14.6. The Morgan fingerprint density at radius 3 is 2.81 bits per heavy atom. The Bertz CT molecular complexity index is 963. The Morgan fingerprint density at radius 1 is 1.27 bits per heavy atom. The molecule has 2 heterocycles. The maximum Gasteiger partial charge on any atom is 0.358 e. The molecule has 0 fully saturated rings. The van der Waals surface area contributed by atoms with Crippen molar-refractivity contribution in [2.45, 2.75) is 6.54 Å². The molecule has 2 aromatic heterocycles. The monoisotopic (exact) mass is 373 g/mol. The van der Waals surface area contributed by atoms with Crippen molar-refractivity contribution >= 4 is 29.2 Å². The van der Waals surface area contributed by atoms with Gasteiger partial charge in [0.2, 0.25) is 0 Å². The van der Waals surface area contributed by atoms with Crippen molar-refractivity contribution in [1.29, 1.82) is 0 Å². The molecular formula is C17H16ClN5O3. The lowest BCUT2D eigenvalue weighted by atomic mass is 10.1. The highest BCUT2D eigenvalue weighted by Gasteiger charge is 2.18. The van der Waals surface area contributed by atoms with E-state index >= 15 is 0 Å². The number of hydrogen-bond donors (Lipinski definition) is 2. The van der Waals surface area contributed by atoms with Gasteiger partial charge in [0.1, 0.15) is 0 Å². The summed E-state index contributed by atoms with van der Waals surface area (Å²) < 4.78 is 3.06. The second-order valence-corrected chi connectivity index (χ2v) is 5.96. The number of nitrogens with one attached hydrogen (secondary N) is 1. The number of aromatic nitrogens is 4. The lowest BCUT2D eigenvalue weighted by Gasteiger charge is -2.05. The number of aromatic carboxylic acids is 1. The summed E-state index contributed by atoms with van der Waals surface area (Å²) in [5.41, 5.74) is 2.01. The summed E-state index contributed by atoms with van der Waals surface area (Å²) in [7, 11) is 1.58. The van der Waals surface area contributed by atoms with Gasteiger partial charge in [-0.25, -0.2) is 4.79 Å². The van der Waals surface area contributed by atoms with E-state index in [0.717, 1.165) is 11.1 Å². The van der Waals surface area contributed by atoms with Crippen LogP contribution in [-0.4, -0.2) is 42.4 Å². The van der Waals surface area contributed by atoms with Crippen LogP contribution in [0.4, 0.5) is 5.69 Å². The fourth-order valence-corrected chi connectivity index (χ4v) is 2.67. The standard InChI is InChI=1S/C17H16ClN5O3/c1-22-10-14(15(21-22)17(25)26)20-16(24)12-4-2-3-11(7-12)13-8-19-23(9-13)6-5-18/h2-4,7-10H,5-6H2,1H3,(H,20,24)(H,25,26). The molecule has 0 unspecified atom stereocenters. The molecule has 134 valence electrons. The second-order valence-electron chi connectivity index (χ2n) is 5.59. The molecular weight excluding hydrogens is 358 g/mol. The highest BCUT2D eigenvalue weighted by Crippen LogP contribution is 2.21. The third kappa shape index (κ3) is 3.75. The maximum atomic E-state index is 12.5. The van der Waals surface area contributed by atoms with E-state index in [4.69, 9.17) is 16.7 Å². The van der Waals surface area contributed by atoms with Crippen LogP contribution >= 0.6 is 11.6 Å². The predicted molar refractivity (Wildman–Crippen MR) is 96.5 cm³/mol. The number of carboxylic acid groups (broad SMARTS) is 1. The number of carbonyl (C=O) groups excluding carboxylic acids is 1. The smallest absolute Gasteiger partial charge is 0.358 e. The fourth-order valence-electron chi connectivity index (χ4n) is 2.49. The average Bonchev–Trinajstić information content (AvgIpc) is 3.22. The lowest BCUT2D eigenvalue weighted by Crippen LogP contribution is -2.14. The van der Waals surface area contributed by atoms with Crippen LogP contribution in [0.15, 0.2) is 42.9 Å². The molecule has 1 aromatic carbocycles. The summed E-state index contributed by atoms with van der Waals surface area (Å²) in [6.45, 7) is 0.598. The molecule has 0 aliphatic rings. The summed E-state index contributed by atoms with van der Waals surface area (Å²) in [6.07, 6.45) is 5.00. The number of carboxylic acids is 1. The Balaban J connectivity index is 1.83. The number of hydrogen-bond acceptors (Lipinski definition) is 4. The van der Waals surface area contributed by atoms with Gasteiger partial charge in [0.15, 0.2) is 5.69 Å². The zero-order valence-electron chi connectivity index (χ0n) is 13.9. The predicted octanol–water partition coefficient (Wildman–Crippen LogP) is 2.47. The minimum Gasteiger partial charge on any atom is -0.476 e. The zero-order chi connectivity index (χ0) is 18.7. The highest BCUT2D eigenvalue weighted by molar-refractivity contribution is 6.17. The molecule has 0 saturated heterocycles. The number of anilines is 1. The lowest BCUT2D eigenvalue weighted by molar-refractivity contribution is 0.0690. The first-order chi connectivity index (χ1) is 12.5. The van der Waals surface area contributed by atoms with E-state index in [1.54, 1.807) is 36.1 Å². The topological polar surface area (TPSA) is 102 Å². The highest BCUT2D eigenvalue weighted by atomic mass is 35.5. The largest absolute Gasteiger partial charge is 0.476 e. The van der Waals surface area contributed by atoms with Gasteiger partial charge in [0.05, 0.1) is 18.4 Å². The molecule has 0 radical (unpaired) electrons. The van der Waals surface area contributed by atoms with Crippen LogP contribution in [0.3, 0.4) is 0 Å². The van der Waals surface area contributed by atoms with Gasteiger partial charge in [-0.1, -0.05) is 12.1 Å². The third-order valence-electron chi connectivity index (χ3n) is 3.68. The van der Waals surface area contributed by atoms with Gasteiger partial charge >= 0.3 is 5.97 Å². The van der Waals surface area contributed by atoms with Crippen molar-refractivity contribution < 1.29 is 14.7 Å². The fraction of sp³-hybridized carbons (Fsp3) is 0.176. The van der Waals surface area contributed by atoms with E-state index in [9.17, 15) is 9.59 Å². The third-order valence-corrected chi connectivity index (χ3v) is 3.85. The van der Waals surface area contributed by atoms with Crippen LogP contribution in [0.5, 0.6) is 0 Å². The van der Waals surface area contributed by atoms with Crippen LogP contribution < -0.4 is 5.32 Å². The molecule has 0 spiro atoms. The molecule has 26 heavy (non-hydrogen) atoms. The van der Waals surface area contributed by atoms with Crippen LogP contribution in [0.1, 0.15) is 20.8 Å². The van der Waals surface area contributed by atoms with Gasteiger partial charge in [-0.3, -0.25) is 14.2 Å². The summed E-state index contributed by atoms with van der Waals surface area (Å²) in [5, 5.41) is 19.8. The summed E-state index contributed by atoms with van der Waals surface area (Å²) in [6, 6.07) is 6.99. The maximum absolute atomic E-state index is 12.5. The van der Waals surface area contributed by atoms with E-state index < -0.39 is 11.9 Å². The van der Waals surface area contributed by atoms with Gasteiger partial charge < -0.3 is 10.4 Å². The van der Waals surface area contributed by atoms with Gasteiger partial charge in [-0.05, 0) is 17.7 Å². The van der Waals surface area contributed by atoms with Crippen molar-refractivity contribution in [3.63, 3.8) is 0 Å². The SMILES string of the molecule is Cn1cc(NC(=O)c2cccc(-c3cnn(CCCl)c3)c2)c(C(=O)O)n1. The number of nitrogens with zero attached hydrogens (tertiary/aromatic N) is 4. The normalized spacial score (nSPS) is 10.7. The van der Waals surface area contributed by atoms with Crippen molar-refractivity contribution in [3.8, 4) is 11.1 Å². The number of halogens is 1. The van der Waals surface area contributed by atoms with E-state index in [1.165, 1.54) is 10.9 Å². The van der Waals surface area contributed by atoms with Crippen molar-refractivity contribution in [2.24, 2.45) is 7.05 Å². The molecule has 0 atom stereocenters. The van der Waals surface area contributed by atoms with Crippen molar-refractivity contribution in [3.05, 3.63) is 54.1 Å². The van der Waals surface area contributed by atoms with E-state index in [2.05, 4.69) is 15.5 Å². The summed E-state index contributed by atoms with van der Waals surface area (Å²) >= 11 is 5.71. The molecule has 0 bridgehead atoms. The van der Waals surface area contributed by atoms with E-state index in [-0.39, 0.29) is 11.4 Å². The molecule has 3 rings (SSSR count). The Morgan fingerprint density at radius 2 is 2.08 bits per heavy atom. The number of amides is 1. The Kier molecular flexibility index (Phi) is 5.04.